The second kappa shape index (κ2) is 13.2. The number of aryl methyl sites for hydroxylation is 1. The van der Waals surface area contributed by atoms with Crippen molar-refractivity contribution >= 4 is 29.5 Å². The molecule has 1 amide bonds. The number of piperazine rings is 1. The predicted octanol–water partition coefficient (Wildman–Crippen LogP) is 3.89. The molecule has 0 N–H and O–H groups in total. The Balaban J connectivity index is 1.40. The van der Waals surface area contributed by atoms with Gasteiger partial charge in [0.25, 0.3) is 5.91 Å². The molecule has 2 fully saturated rings. The molecule has 0 bridgehead atoms. The minimum absolute atomic E-state index is 0.0291. The van der Waals surface area contributed by atoms with E-state index in [9.17, 15) is 9.59 Å². The second-order valence-electron chi connectivity index (χ2n) is 9.61. The summed E-state index contributed by atoms with van der Waals surface area (Å²) in [4.78, 5) is 41.7. The summed E-state index contributed by atoms with van der Waals surface area (Å²) < 4.78 is 5.18. The number of esters is 1. The molecule has 1 unspecified atom stereocenters. The number of carbonyl (C=O) groups excluding carboxylic acids is 2. The second-order valence-corrected chi connectivity index (χ2v) is 10.5. The lowest BCUT2D eigenvalue weighted by atomic mass is 9.97. The van der Waals surface area contributed by atoms with E-state index < -0.39 is 0 Å². The summed E-state index contributed by atoms with van der Waals surface area (Å²) in [7, 11) is 0. The number of hydrogen-bond acceptors (Lipinski definition) is 8. The van der Waals surface area contributed by atoms with E-state index in [1.54, 1.807) is 16.7 Å². The molecule has 3 heterocycles. The number of nitrogens with zero attached hydrogens (tertiary/aromatic N) is 5. The molecule has 8 nitrogen and oxygen atoms in total. The average molecular weight is 526 g/mol. The molecule has 1 atom stereocenters. The fraction of sp³-hybridized carbons (Fsp3) is 0.571. The van der Waals surface area contributed by atoms with Crippen LogP contribution in [0, 0.1) is 5.92 Å². The maximum absolute atomic E-state index is 13.2. The maximum Gasteiger partial charge on any atom is 0.310 e. The third-order valence-corrected chi connectivity index (χ3v) is 8.04. The van der Waals surface area contributed by atoms with Crippen molar-refractivity contribution in [3.8, 4) is 0 Å². The smallest absolute Gasteiger partial charge is 0.310 e. The number of anilines is 1. The van der Waals surface area contributed by atoms with Crippen molar-refractivity contribution in [2.75, 3.05) is 57.3 Å². The van der Waals surface area contributed by atoms with Gasteiger partial charge < -0.3 is 19.4 Å². The number of thioether (sulfide) groups is 1. The topological polar surface area (TPSA) is 78.9 Å². The monoisotopic (exact) mass is 525 g/mol. The number of ether oxygens (including phenoxy) is 1. The Hall–Kier alpha value is -2.65. The molecule has 1 aromatic carbocycles. The van der Waals surface area contributed by atoms with Crippen molar-refractivity contribution in [1.82, 2.24) is 19.8 Å². The van der Waals surface area contributed by atoms with Crippen LogP contribution in [-0.4, -0.2) is 84.1 Å². The first kappa shape index (κ1) is 27.4. The number of likely N-dealkylation sites (N-methyl/N-ethyl adjacent to an activating group) is 1. The van der Waals surface area contributed by atoms with Gasteiger partial charge in [-0.1, -0.05) is 37.7 Å². The van der Waals surface area contributed by atoms with Crippen LogP contribution in [0.3, 0.4) is 0 Å². The molecule has 4 rings (SSSR count). The predicted molar refractivity (Wildman–Crippen MR) is 147 cm³/mol. The third kappa shape index (κ3) is 7.23. The Morgan fingerprint density at radius 1 is 1.05 bits per heavy atom. The summed E-state index contributed by atoms with van der Waals surface area (Å²) in [5, 5.41) is 0.775. The lowest BCUT2D eigenvalue weighted by molar-refractivity contribution is -0.149. The Bertz CT molecular complexity index is 1070. The zero-order valence-electron chi connectivity index (χ0n) is 22.3. The van der Waals surface area contributed by atoms with Crippen molar-refractivity contribution in [2.45, 2.75) is 50.9 Å². The van der Waals surface area contributed by atoms with E-state index in [-0.39, 0.29) is 17.8 Å². The number of rotatable bonds is 9. The SMILES string of the molecule is CCOC(=O)C1CCCN(C(=O)c2cccc(CSc3nc(CC)cc(N4CCN(CC)CC4)n3)c2)C1. The third-order valence-electron chi connectivity index (χ3n) is 7.12. The Morgan fingerprint density at radius 3 is 2.59 bits per heavy atom. The molecule has 9 heteroatoms. The first-order valence-corrected chi connectivity index (χ1v) is 14.5. The number of piperidine rings is 1. The van der Waals surface area contributed by atoms with E-state index in [0.29, 0.717) is 31.0 Å². The average Bonchev–Trinajstić information content (AvgIpc) is 2.96. The van der Waals surface area contributed by atoms with Crippen LogP contribution in [0.2, 0.25) is 0 Å². The summed E-state index contributed by atoms with van der Waals surface area (Å²) in [6.45, 7) is 12.8. The van der Waals surface area contributed by atoms with Gasteiger partial charge in [-0.15, -0.1) is 0 Å². The quantitative estimate of drug-likeness (QED) is 0.277. The van der Waals surface area contributed by atoms with Crippen LogP contribution in [0.15, 0.2) is 35.5 Å². The Morgan fingerprint density at radius 2 is 1.86 bits per heavy atom. The highest BCUT2D eigenvalue weighted by Crippen LogP contribution is 2.25. The zero-order valence-corrected chi connectivity index (χ0v) is 23.1. The molecule has 0 aliphatic carbocycles. The van der Waals surface area contributed by atoms with Crippen LogP contribution < -0.4 is 4.90 Å². The molecule has 2 aromatic rings. The van der Waals surface area contributed by atoms with Crippen LogP contribution in [0.4, 0.5) is 5.82 Å². The van der Waals surface area contributed by atoms with Crippen LogP contribution in [0.1, 0.15) is 55.2 Å². The van der Waals surface area contributed by atoms with Crippen molar-refractivity contribution in [3.05, 3.63) is 47.2 Å². The molecule has 2 saturated heterocycles. The lowest BCUT2D eigenvalue weighted by Crippen LogP contribution is -2.46. The van der Waals surface area contributed by atoms with E-state index in [1.807, 2.05) is 31.2 Å². The number of amides is 1. The molecule has 1 aromatic heterocycles. The summed E-state index contributed by atoms with van der Waals surface area (Å²) in [5.74, 6) is 1.22. The standard InChI is InChI=1S/C28H39N5O3S/c1-4-24-18-25(32-15-13-31(5-2)14-16-32)30-28(29-24)37-20-21-9-7-10-22(17-21)26(34)33-12-8-11-23(19-33)27(35)36-6-3/h7,9-10,17-18,23H,4-6,8,11-16,19-20H2,1-3H3. The van der Waals surface area contributed by atoms with Crippen LogP contribution in [-0.2, 0) is 21.7 Å². The fourth-order valence-corrected chi connectivity index (χ4v) is 5.71. The van der Waals surface area contributed by atoms with Gasteiger partial charge in [0.15, 0.2) is 5.16 Å². The van der Waals surface area contributed by atoms with Crippen molar-refractivity contribution in [2.24, 2.45) is 5.92 Å². The van der Waals surface area contributed by atoms with Crippen LogP contribution in [0.5, 0.6) is 0 Å². The van der Waals surface area contributed by atoms with E-state index in [0.717, 1.165) is 74.2 Å². The molecule has 0 saturated carbocycles. The summed E-state index contributed by atoms with van der Waals surface area (Å²) in [6, 6.07) is 9.89. The van der Waals surface area contributed by atoms with E-state index in [1.165, 1.54) is 0 Å². The number of likely N-dealkylation sites (tertiary alicyclic amines) is 1. The highest BCUT2D eigenvalue weighted by molar-refractivity contribution is 7.98. The van der Waals surface area contributed by atoms with Gasteiger partial charge in [-0.25, -0.2) is 9.97 Å². The molecule has 2 aliphatic heterocycles. The van der Waals surface area contributed by atoms with Crippen LogP contribution >= 0.6 is 11.8 Å². The minimum Gasteiger partial charge on any atom is -0.466 e. The highest BCUT2D eigenvalue weighted by atomic mass is 32.2. The van der Waals surface area contributed by atoms with Gasteiger partial charge in [0.2, 0.25) is 0 Å². The van der Waals surface area contributed by atoms with Crippen molar-refractivity contribution in [3.63, 3.8) is 0 Å². The van der Waals surface area contributed by atoms with Gasteiger partial charge in [-0.2, -0.15) is 0 Å². The molecular weight excluding hydrogens is 486 g/mol. The van der Waals surface area contributed by atoms with Gasteiger partial charge in [0, 0.05) is 62.3 Å². The molecular formula is C28H39N5O3S. The maximum atomic E-state index is 13.2. The fourth-order valence-electron chi connectivity index (χ4n) is 4.90. The Labute approximate surface area is 224 Å². The number of hydrogen-bond donors (Lipinski definition) is 0. The summed E-state index contributed by atoms with van der Waals surface area (Å²) in [6.07, 6.45) is 2.45. The summed E-state index contributed by atoms with van der Waals surface area (Å²) >= 11 is 1.61. The van der Waals surface area contributed by atoms with Gasteiger partial charge in [0.05, 0.1) is 12.5 Å². The van der Waals surface area contributed by atoms with E-state index >= 15 is 0 Å². The van der Waals surface area contributed by atoms with Gasteiger partial charge in [-0.3, -0.25) is 9.59 Å². The van der Waals surface area contributed by atoms with Gasteiger partial charge in [-0.05, 0) is 50.4 Å². The van der Waals surface area contributed by atoms with Gasteiger partial charge >= 0.3 is 5.97 Å². The van der Waals surface area contributed by atoms with Gasteiger partial charge in [0.1, 0.15) is 5.82 Å². The molecule has 0 radical (unpaired) electrons. The molecule has 37 heavy (non-hydrogen) atoms. The molecule has 2 aliphatic rings. The summed E-state index contributed by atoms with van der Waals surface area (Å²) in [5.41, 5.74) is 2.76. The number of carbonyl (C=O) groups is 2. The zero-order chi connectivity index (χ0) is 26.2. The van der Waals surface area contributed by atoms with Crippen molar-refractivity contribution in [1.29, 1.82) is 0 Å². The number of aromatic nitrogens is 2. The first-order chi connectivity index (χ1) is 18.0. The van der Waals surface area contributed by atoms with E-state index in [4.69, 9.17) is 14.7 Å². The molecule has 0 spiro atoms. The Kier molecular flexibility index (Phi) is 9.80. The first-order valence-electron chi connectivity index (χ1n) is 13.5. The van der Waals surface area contributed by atoms with Crippen LogP contribution in [0.25, 0.3) is 0 Å². The minimum atomic E-state index is -0.237. The normalized spacial score (nSPS) is 18.6. The largest absolute Gasteiger partial charge is 0.466 e. The van der Waals surface area contributed by atoms with Crippen molar-refractivity contribution < 1.29 is 14.3 Å². The molecule has 200 valence electrons. The highest BCUT2D eigenvalue weighted by Gasteiger charge is 2.30. The lowest BCUT2D eigenvalue weighted by Gasteiger charge is -2.34. The van der Waals surface area contributed by atoms with E-state index in [2.05, 4.69) is 29.7 Å². The number of benzene rings is 1.